The van der Waals surface area contributed by atoms with Gasteiger partial charge in [0.15, 0.2) is 11.6 Å². The fourth-order valence-electron chi connectivity index (χ4n) is 3.89. The lowest BCUT2D eigenvalue weighted by Crippen LogP contribution is -1.97. The zero-order chi connectivity index (χ0) is 20.5. The molecule has 0 heterocycles. The molecule has 30 heavy (non-hydrogen) atoms. The van der Waals surface area contributed by atoms with Crippen LogP contribution in [0, 0.1) is 0 Å². The second-order valence-electron chi connectivity index (χ2n) is 7.38. The predicted molar refractivity (Wildman–Crippen MR) is 125 cm³/mol. The Hall–Kier alpha value is -4.04. The van der Waals surface area contributed by atoms with Crippen LogP contribution in [0.25, 0.3) is 43.1 Å². The highest BCUT2D eigenvalue weighted by Crippen LogP contribution is 2.31. The topological polar surface area (TPSA) is 34.1 Å². The second-order valence-corrected chi connectivity index (χ2v) is 7.38. The smallest absolute Gasteiger partial charge is 0.178 e. The van der Waals surface area contributed by atoms with Crippen LogP contribution in [0.4, 0.5) is 0 Å². The van der Waals surface area contributed by atoms with Crippen LogP contribution in [0.3, 0.4) is 0 Å². The van der Waals surface area contributed by atoms with Gasteiger partial charge in [-0.1, -0.05) is 60.7 Å². The summed E-state index contributed by atoms with van der Waals surface area (Å²) in [6.45, 7) is 0. The molecule has 0 N–H and O–H groups in total. The van der Waals surface area contributed by atoms with Gasteiger partial charge >= 0.3 is 0 Å². The lowest BCUT2D eigenvalue weighted by molar-refractivity contribution is -0.113. The first kappa shape index (κ1) is 18.0. The Morgan fingerprint density at radius 1 is 0.367 bits per heavy atom. The van der Waals surface area contributed by atoms with Crippen LogP contribution in [-0.2, 0) is 9.59 Å². The number of fused-ring (bicyclic) bond motifs is 5. The third kappa shape index (κ3) is 3.40. The van der Waals surface area contributed by atoms with Crippen molar-refractivity contribution < 1.29 is 9.59 Å². The first-order valence-electron chi connectivity index (χ1n) is 9.85. The average Bonchev–Trinajstić information content (AvgIpc) is 2.78. The Morgan fingerprint density at radius 2 is 0.833 bits per heavy atom. The fraction of sp³-hybridized carbons (Fsp3) is 0. The molecule has 1 aliphatic carbocycles. The van der Waals surface area contributed by atoms with Gasteiger partial charge in [-0.15, -0.1) is 0 Å². The molecule has 0 radical (unpaired) electrons. The van der Waals surface area contributed by atoms with E-state index in [2.05, 4.69) is 84.9 Å². The van der Waals surface area contributed by atoms with Gasteiger partial charge in [-0.05, 0) is 91.7 Å². The zero-order valence-corrected chi connectivity index (χ0v) is 16.2. The first-order chi connectivity index (χ1) is 14.7. The van der Waals surface area contributed by atoms with Crippen LogP contribution in [0.1, 0.15) is 0 Å². The van der Waals surface area contributed by atoms with Crippen molar-refractivity contribution in [2.24, 2.45) is 0 Å². The SMILES string of the molecule is O=C1C=CC(=O)C=C1.c1ccc2cc3cc4c(ccc5ccccc54)cc3cc2c1. The predicted octanol–water partition coefficient (Wildman–Crippen LogP) is 6.55. The number of benzene rings is 5. The summed E-state index contributed by atoms with van der Waals surface area (Å²) in [4.78, 5) is 20.6. The molecule has 142 valence electrons. The van der Waals surface area contributed by atoms with E-state index < -0.39 is 0 Å². The molecule has 0 spiro atoms. The minimum absolute atomic E-state index is 0.121. The Bertz CT molecular complexity index is 1480. The van der Waals surface area contributed by atoms with Gasteiger partial charge in [-0.2, -0.15) is 0 Å². The fourth-order valence-corrected chi connectivity index (χ4v) is 3.89. The highest BCUT2D eigenvalue weighted by Gasteiger charge is 2.04. The molecule has 0 saturated heterocycles. The molecule has 0 saturated carbocycles. The molecule has 0 unspecified atom stereocenters. The van der Waals surface area contributed by atoms with E-state index in [-0.39, 0.29) is 11.6 Å². The third-order valence-electron chi connectivity index (χ3n) is 5.39. The van der Waals surface area contributed by atoms with Gasteiger partial charge in [-0.3, -0.25) is 9.59 Å². The highest BCUT2D eigenvalue weighted by molar-refractivity contribution is 6.14. The van der Waals surface area contributed by atoms with E-state index in [0.29, 0.717) is 0 Å². The van der Waals surface area contributed by atoms with Gasteiger partial charge in [0, 0.05) is 0 Å². The summed E-state index contributed by atoms with van der Waals surface area (Å²) in [5, 5.41) is 10.5. The molecular formula is C28H18O2. The lowest BCUT2D eigenvalue weighted by atomic mass is 9.96. The van der Waals surface area contributed by atoms with Crippen LogP contribution in [0.2, 0.25) is 0 Å². The minimum atomic E-state index is -0.121. The molecule has 0 fully saturated rings. The maximum atomic E-state index is 10.3. The van der Waals surface area contributed by atoms with Crippen LogP contribution < -0.4 is 0 Å². The van der Waals surface area contributed by atoms with Crippen LogP contribution in [0.5, 0.6) is 0 Å². The Morgan fingerprint density at radius 3 is 1.47 bits per heavy atom. The van der Waals surface area contributed by atoms with E-state index in [1.807, 2.05) is 0 Å². The molecular weight excluding hydrogens is 368 g/mol. The molecule has 0 bridgehead atoms. The van der Waals surface area contributed by atoms with Gasteiger partial charge in [0.25, 0.3) is 0 Å². The lowest BCUT2D eigenvalue weighted by Gasteiger charge is -2.08. The standard InChI is InChI=1S/C22H14.C6H4O2/c1-2-7-17-12-20-14-22-18(13-19(20)11-16(17)6-1)10-9-15-5-3-4-8-21(15)22;7-5-1-2-6(8)4-3-5/h1-14H;1-4H. The molecule has 2 nitrogen and oxygen atoms in total. The summed E-state index contributed by atoms with van der Waals surface area (Å²) < 4.78 is 0. The summed E-state index contributed by atoms with van der Waals surface area (Å²) in [5.41, 5.74) is 0. The van der Waals surface area contributed by atoms with Crippen LogP contribution in [-0.4, -0.2) is 11.6 Å². The number of allylic oxidation sites excluding steroid dienone is 4. The summed E-state index contributed by atoms with van der Waals surface area (Å²) in [5.74, 6) is -0.241. The monoisotopic (exact) mass is 386 g/mol. The minimum Gasteiger partial charge on any atom is -0.290 e. The van der Waals surface area contributed by atoms with E-state index >= 15 is 0 Å². The first-order valence-corrected chi connectivity index (χ1v) is 9.85. The normalized spacial score (nSPS) is 13.2. The van der Waals surface area contributed by atoms with Crippen molar-refractivity contribution in [3.05, 3.63) is 109 Å². The largest absolute Gasteiger partial charge is 0.290 e. The molecule has 6 rings (SSSR count). The van der Waals surface area contributed by atoms with Crippen molar-refractivity contribution in [3.63, 3.8) is 0 Å². The summed E-state index contributed by atoms with van der Waals surface area (Å²) in [6.07, 6.45) is 5.01. The average molecular weight is 386 g/mol. The molecule has 1 aliphatic rings. The van der Waals surface area contributed by atoms with E-state index in [1.54, 1.807) is 0 Å². The molecule has 0 atom stereocenters. The Labute approximate surface area is 173 Å². The maximum absolute atomic E-state index is 10.3. The van der Waals surface area contributed by atoms with Crippen molar-refractivity contribution >= 4 is 54.7 Å². The number of rotatable bonds is 0. The number of carbonyl (C=O) groups is 2. The van der Waals surface area contributed by atoms with Gasteiger partial charge in [0.2, 0.25) is 0 Å². The number of ketones is 2. The molecule has 0 amide bonds. The summed E-state index contributed by atoms with van der Waals surface area (Å²) in [6, 6.07) is 30.8. The molecule has 5 aromatic carbocycles. The third-order valence-corrected chi connectivity index (χ3v) is 5.39. The second kappa shape index (κ2) is 7.41. The van der Waals surface area contributed by atoms with Crippen molar-refractivity contribution in [1.29, 1.82) is 0 Å². The molecule has 0 aliphatic heterocycles. The quantitative estimate of drug-likeness (QED) is 0.172. The van der Waals surface area contributed by atoms with E-state index in [9.17, 15) is 9.59 Å². The van der Waals surface area contributed by atoms with E-state index in [1.165, 1.54) is 67.4 Å². The Kier molecular flexibility index (Phi) is 4.45. The number of carbonyl (C=O) groups excluding carboxylic acids is 2. The molecule has 2 heteroatoms. The summed E-state index contributed by atoms with van der Waals surface area (Å²) >= 11 is 0. The molecule has 0 aromatic heterocycles. The van der Waals surface area contributed by atoms with Gasteiger partial charge < -0.3 is 0 Å². The van der Waals surface area contributed by atoms with Crippen molar-refractivity contribution in [2.75, 3.05) is 0 Å². The maximum Gasteiger partial charge on any atom is 0.178 e. The van der Waals surface area contributed by atoms with Crippen LogP contribution in [0.15, 0.2) is 109 Å². The number of hydrogen-bond acceptors (Lipinski definition) is 2. The molecule has 5 aromatic rings. The zero-order valence-electron chi connectivity index (χ0n) is 16.2. The van der Waals surface area contributed by atoms with E-state index in [0.717, 1.165) is 0 Å². The number of hydrogen-bond donors (Lipinski definition) is 0. The highest BCUT2D eigenvalue weighted by atomic mass is 16.1. The van der Waals surface area contributed by atoms with Crippen LogP contribution >= 0.6 is 0 Å². The van der Waals surface area contributed by atoms with Gasteiger partial charge in [0.05, 0.1) is 0 Å². The van der Waals surface area contributed by atoms with E-state index in [4.69, 9.17) is 0 Å². The van der Waals surface area contributed by atoms with Crippen molar-refractivity contribution in [2.45, 2.75) is 0 Å². The van der Waals surface area contributed by atoms with Crippen molar-refractivity contribution in [3.8, 4) is 0 Å². The Balaban J connectivity index is 0.000000205. The van der Waals surface area contributed by atoms with Gasteiger partial charge in [0.1, 0.15) is 0 Å². The van der Waals surface area contributed by atoms with Gasteiger partial charge in [-0.25, -0.2) is 0 Å². The summed E-state index contributed by atoms with van der Waals surface area (Å²) in [7, 11) is 0. The van der Waals surface area contributed by atoms with Crippen molar-refractivity contribution in [1.82, 2.24) is 0 Å².